The van der Waals surface area contributed by atoms with E-state index in [1.54, 1.807) is 9.80 Å². The number of ether oxygens (including phenoxy) is 1. The summed E-state index contributed by atoms with van der Waals surface area (Å²) in [5.41, 5.74) is 6.48. The average Bonchev–Trinajstić information content (AvgIpc) is 2.56. The van der Waals surface area contributed by atoms with Gasteiger partial charge in [-0.1, -0.05) is 0 Å². The number of nitrogens with two attached hydrogens (primary N) is 1. The maximum Gasteiger partial charge on any atom is 0.410 e. The molecule has 7 heteroatoms. The second-order valence-corrected chi connectivity index (χ2v) is 8.11. The van der Waals surface area contributed by atoms with Gasteiger partial charge >= 0.3 is 6.09 Å². The summed E-state index contributed by atoms with van der Waals surface area (Å²) in [6.07, 6.45) is 1.14. The lowest BCUT2D eigenvalue weighted by molar-refractivity contribution is 0.0240. The Kier molecular flexibility index (Phi) is 5.10. The maximum atomic E-state index is 15.0. The van der Waals surface area contributed by atoms with Crippen LogP contribution < -0.4 is 10.6 Å². The first-order valence-corrected chi connectivity index (χ1v) is 9.14. The number of hydrogen-bond acceptors (Lipinski definition) is 4. The first kappa shape index (κ1) is 18.9. The van der Waals surface area contributed by atoms with Crippen molar-refractivity contribution in [2.45, 2.75) is 51.7 Å². The number of halogens is 2. The van der Waals surface area contributed by atoms with Crippen molar-refractivity contribution in [3.05, 3.63) is 28.8 Å². The first-order valence-electron chi connectivity index (χ1n) is 9.14. The highest BCUT2D eigenvalue weighted by Crippen LogP contribution is 2.33. The lowest BCUT2D eigenvalue weighted by Crippen LogP contribution is -2.50. The lowest BCUT2D eigenvalue weighted by Gasteiger charge is -2.37. The average molecular weight is 367 g/mol. The SMILES string of the molecule is CC(C)(C)OC(=O)N1CCN(c2cc(F)c3c(c2F)CCC(N)C3)CC1. The van der Waals surface area contributed by atoms with E-state index in [0.717, 1.165) is 0 Å². The quantitative estimate of drug-likeness (QED) is 0.829. The van der Waals surface area contributed by atoms with Gasteiger partial charge in [0, 0.05) is 38.3 Å². The number of carbonyl (C=O) groups excluding carboxylic acids is 1. The van der Waals surface area contributed by atoms with Crippen molar-refractivity contribution < 1.29 is 18.3 Å². The van der Waals surface area contributed by atoms with Crippen LogP contribution in [0.1, 0.15) is 38.3 Å². The molecule has 0 saturated carbocycles. The molecule has 1 aromatic carbocycles. The maximum absolute atomic E-state index is 15.0. The van der Waals surface area contributed by atoms with E-state index in [4.69, 9.17) is 10.5 Å². The Morgan fingerprint density at radius 3 is 2.46 bits per heavy atom. The number of nitrogens with zero attached hydrogens (tertiary/aromatic N) is 2. The van der Waals surface area contributed by atoms with Gasteiger partial charge in [0.2, 0.25) is 0 Å². The van der Waals surface area contributed by atoms with Crippen LogP contribution in [-0.2, 0) is 17.6 Å². The number of hydrogen-bond donors (Lipinski definition) is 1. The van der Waals surface area contributed by atoms with Crippen LogP contribution in [0.2, 0.25) is 0 Å². The molecule has 1 saturated heterocycles. The summed E-state index contributed by atoms with van der Waals surface area (Å²) in [7, 11) is 0. The number of piperazine rings is 1. The molecule has 0 spiro atoms. The van der Waals surface area contributed by atoms with Crippen molar-refractivity contribution in [2.24, 2.45) is 5.73 Å². The Morgan fingerprint density at radius 1 is 1.19 bits per heavy atom. The van der Waals surface area contributed by atoms with Gasteiger partial charge in [-0.05, 0) is 51.2 Å². The highest BCUT2D eigenvalue weighted by atomic mass is 19.1. The molecule has 0 radical (unpaired) electrons. The van der Waals surface area contributed by atoms with Gasteiger partial charge in [0.05, 0.1) is 5.69 Å². The fourth-order valence-electron chi connectivity index (χ4n) is 3.56. The van der Waals surface area contributed by atoms with Gasteiger partial charge in [0.1, 0.15) is 17.2 Å². The number of amides is 1. The molecule has 1 atom stereocenters. The monoisotopic (exact) mass is 367 g/mol. The lowest BCUT2D eigenvalue weighted by atomic mass is 9.87. The van der Waals surface area contributed by atoms with E-state index in [1.165, 1.54) is 6.07 Å². The zero-order valence-electron chi connectivity index (χ0n) is 15.6. The minimum absolute atomic E-state index is 0.111. The second-order valence-electron chi connectivity index (χ2n) is 8.11. The normalized spacial score (nSPS) is 20.8. The first-order chi connectivity index (χ1) is 12.2. The molecule has 0 bridgehead atoms. The van der Waals surface area contributed by atoms with E-state index in [2.05, 4.69) is 0 Å². The molecule has 1 unspecified atom stereocenters. The number of anilines is 1. The zero-order valence-corrected chi connectivity index (χ0v) is 15.6. The molecule has 5 nitrogen and oxygen atoms in total. The third-order valence-corrected chi connectivity index (χ3v) is 4.91. The van der Waals surface area contributed by atoms with Gasteiger partial charge < -0.3 is 20.3 Å². The van der Waals surface area contributed by atoms with Crippen LogP contribution in [0.4, 0.5) is 19.3 Å². The van der Waals surface area contributed by atoms with Gasteiger partial charge in [-0.2, -0.15) is 0 Å². The molecule has 1 amide bonds. The van der Waals surface area contributed by atoms with Crippen LogP contribution in [-0.4, -0.2) is 48.8 Å². The van der Waals surface area contributed by atoms with Crippen molar-refractivity contribution in [1.29, 1.82) is 0 Å². The fraction of sp³-hybridized carbons (Fsp3) is 0.632. The molecule has 0 aromatic heterocycles. The van der Waals surface area contributed by atoms with Gasteiger partial charge in [0.15, 0.2) is 0 Å². The van der Waals surface area contributed by atoms with Gasteiger partial charge in [-0.3, -0.25) is 0 Å². The molecule has 2 aliphatic rings. The number of rotatable bonds is 1. The van der Waals surface area contributed by atoms with Crippen LogP contribution in [0.3, 0.4) is 0 Å². The van der Waals surface area contributed by atoms with E-state index in [1.807, 2.05) is 20.8 Å². The Morgan fingerprint density at radius 2 is 1.85 bits per heavy atom. The number of carbonyl (C=O) groups is 1. The zero-order chi connectivity index (χ0) is 19.1. The van der Waals surface area contributed by atoms with Crippen LogP contribution >= 0.6 is 0 Å². The molecule has 1 heterocycles. The standard InChI is InChI=1S/C19H27F2N3O2/c1-19(2,3)26-18(25)24-8-6-23(7-9-24)16-11-15(20)14-10-12(22)4-5-13(14)17(16)21/h11-12H,4-10,22H2,1-3H3. The van der Waals surface area contributed by atoms with E-state index < -0.39 is 5.60 Å². The predicted molar refractivity (Wildman–Crippen MR) is 96.4 cm³/mol. The minimum atomic E-state index is -0.553. The highest BCUT2D eigenvalue weighted by molar-refractivity contribution is 5.68. The van der Waals surface area contributed by atoms with Crippen LogP contribution in [0.25, 0.3) is 0 Å². The Bertz CT molecular complexity index is 695. The summed E-state index contributed by atoms with van der Waals surface area (Å²) in [5.74, 6) is -0.736. The predicted octanol–water partition coefficient (Wildman–Crippen LogP) is 2.84. The molecule has 1 aromatic rings. The van der Waals surface area contributed by atoms with Crippen LogP contribution in [0.5, 0.6) is 0 Å². The van der Waals surface area contributed by atoms with Crippen molar-refractivity contribution in [2.75, 3.05) is 31.1 Å². The molecule has 3 rings (SSSR count). The van der Waals surface area contributed by atoms with Gasteiger partial charge in [-0.15, -0.1) is 0 Å². The smallest absolute Gasteiger partial charge is 0.410 e. The van der Waals surface area contributed by atoms with Gasteiger partial charge in [-0.25, -0.2) is 13.6 Å². The molecule has 1 aliphatic carbocycles. The summed E-state index contributed by atoms with van der Waals surface area (Å²) in [6, 6.07) is 1.16. The fourth-order valence-corrected chi connectivity index (χ4v) is 3.56. The summed E-state index contributed by atoms with van der Waals surface area (Å²) in [5, 5.41) is 0. The Hall–Kier alpha value is -1.89. The Balaban J connectivity index is 1.72. The summed E-state index contributed by atoms with van der Waals surface area (Å²) in [4.78, 5) is 15.5. The number of fused-ring (bicyclic) bond motifs is 1. The minimum Gasteiger partial charge on any atom is -0.444 e. The molecule has 1 fully saturated rings. The molecule has 1 aliphatic heterocycles. The largest absolute Gasteiger partial charge is 0.444 e. The van der Waals surface area contributed by atoms with E-state index >= 15 is 0 Å². The number of benzene rings is 1. The highest BCUT2D eigenvalue weighted by Gasteiger charge is 2.30. The summed E-state index contributed by atoms with van der Waals surface area (Å²) in [6.45, 7) is 7.16. The third kappa shape index (κ3) is 3.92. The van der Waals surface area contributed by atoms with Crippen LogP contribution in [0.15, 0.2) is 6.07 Å². The molecule has 2 N–H and O–H groups in total. The summed E-state index contributed by atoms with van der Waals surface area (Å²) < 4.78 is 34.8. The van der Waals surface area contributed by atoms with Crippen molar-refractivity contribution in [3.8, 4) is 0 Å². The van der Waals surface area contributed by atoms with Crippen molar-refractivity contribution >= 4 is 11.8 Å². The molecular formula is C19H27F2N3O2. The van der Waals surface area contributed by atoms with E-state index in [-0.39, 0.29) is 29.5 Å². The molecule has 144 valence electrons. The third-order valence-electron chi connectivity index (χ3n) is 4.91. The summed E-state index contributed by atoms with van der Waals surface area (Å²) >= 11 is 0. The molecule has 26 heavy (non-hydrogen) atoms. The topological polar surface area (TPSA) is 58.8 Å². The van der Waals surface area contributed by atoms with E-state index in [9.17, 15) is 13.6 Å². The van der Waals surface area contributed by atoms with Crippen molar-refractivity contribution in [1.82, 2.24) is 4.90 Å². The van der Waals surface area contributed by atoms with E-state index in [0.29, 0.717) is 56.6 Å². The van der Waals surface area contributed by atoms with Crippen molar-refractivity contribution in [3.63, 3.8) is 0 Å². The van der Waals surface area contributed by atoms with Gasteiger partial charge in [0.25, 0.3) is 0 Å². The molecular weight excluding hydrogens is 340 g/mol. The van der Waals surface area contributed by atoms with Crippen LogP contribution in [0, 0.1) is 11.6 Å². The Labute approximate surface area is 153 Å². The second kappa shape index (κ2) is 7.02.